The van der Waals surface area contributed by atoms with Gasteiger partial charge in [-0.15, -0.1) is 0 Å². The van der Waals surface area contributed by atoms with Gasteiger partial charge in [-0.05, 0) is 39.2 Å². The summed E-state index contributed by atoms with van der Waals surface area (Å²) < 4.78 is 26.8. The van der Waals surface area contributed by atoms with Crippen LogP contribution < -0.4 is 5.73 Å². The van der Waals surface area contributed by atoms with E-state index < -0.39 is 10.0 Å². The molecule has 5 nitrogen and oxygen atoms in total. The van der Waals surface area contributed by atoms with Crippen LogP contribution in [-0.2, 0) is 10.0 Å². The molecule has 1 aromatic rings. The number of hydrogen-bond donors (Lipinski definition) is 1. The van der Waals surface area contributed by atoms with Crippen LogP contribution in [0, 0.1) is 0 Å². The molecule has 0 atom stereocenters. The summed E-state index contributed by atoms with van der Waals surface area (Å²) in [6.45, 7) is 3.35. The summed E-state index contributed by atoms with van der Waals surface area (Å²) in [6.07, 6.45) is 0.727. The highest BCUT2D eigenvalue weighted by atomic mass is 35.5. The monoisotopic (exact) mass is 353 g/mol. The Labute approximate surface area is 136 Å². The molecule has 0 aliphatic carbocycles. The number of nitrogens with two attached hydrogens (primary N) is 1. The number of anilines is 1. The Morgan fingerprint density at radius 1 is 1.19 bits per heavy atom. The van der Waals surface area contributed by atoms with Gasteiger partial charge in [0.1, 0.15) is 4.90 Å². The van der Waals surface area contributed by atoms with Gasteiger partial charge in [-0.1, -0.05) is 30.1 Å². The molecule has 0 bridgehead atoms. The first-order valence-corrected chi connectivity index (χ1v) is 8.79. The minimum Gasteiger partial charge on any atom is -0.398 e. The highest BCUT2D eigenvalue weighted by Crippen LogP contribution is 2.33. The molecule has 1 aromatic carbocycles. The van der Waals surface area contributed by atoms with Gasteiger partial charge in [-0.2, -0.15) is 4.31 Å². The smallest absolute Gasteiger partial charge is 0.246 e. The Hall–Kier alpha value is -0.530. The van der Waals surface area contributed by atoms with Gasteiger partial charge in [0.2, 0.25) is 10.0 Å². The van der Waals surface area contributed by atoms with Crippen molar-refractivity contribution in [3.05, 3.63) is 22.2 Å². The minimum atomic E-state index is -3.73. The molecule has 120 valence electrons. The van der Waals surface area contributed by atoms with E-state index in [1.807, 2.05) is 19.0 Å². The van der Waals surface area contributed by atoms with Gasteiger partial charge < -0.3 is 10.6 Å². The molecule has 0 heterocycles. The standard InChI is InChI=1S/C13H21Cl2N3O2S/c1-4-18(7-5-6-17(2)3)21(19,20)13-11(15)8-10(14)9-12(13)16/h8-9H,4-7,16H2,1-3H3. The Kier molecular flexibility index (Phi) is 6.74. The van der Waals surface area contributed by atoms with Crippen molar-refractivity contribution in [1.29, 1.82) is 0 Å². The zero-order chi connectivity index (χ0) is 16.2. The molecule has 0 aliphatic heterocycles. The van der Waals surface area contributed by atoms with Crippen molar-refractivity contribution in [3.8, 4) is 0 Å². The van der Waals surface area contributed by atoms with Gasteiger partial charge >= 0.3 is 0 Å². The van der Waals surface area contributed by atoms with E-state index in [-0.39, 0.29) is 15.6 Å². The minimum absolute atomic E-state index is 0.0473. The van der Waals surface area contributed by atoms with E-state index in [0.717, 1.165) is 13.0 Å². The maximum absolute atomic E-state index is 12.7. The van der Waals surface area contributed by atoms with E-state index in [9.17, 15) is 8.42 Å². The number of nitrogens with zero attached hydrogens (tertiary/aromatic N) is 2. The van der Waals surface area contributed by atoms with Crippen molar-refractivity contribution in [1.82, 2.24) is 9.21 Å². The Morgan fingerprint density at radius 3 is 2.29 bits per heavy atom. The molecule has 0 radical (unpaired) electrons. The molecule has 1 rings (SSSR count). The third kappa shape index (κ3) is 4.72. The van der Waals surface area contributed by atoms with Crippen LogP contribution in [0.25, 0.3) is 0 Å². The lowest BCUT2D eigenvalue weighted by Gasteiger charge is -2.23. The summed E-state index contributed by atoms with van der Waals surface area (Å²) in [5, 5.41) is 0.359. The first-order chi connectivity index (χ1) is 9.70. The molecule has 0 aromatic heterocycles. The van der Waals surface area contributed by atoms with Crippen LogP contribution in [0.5, 0.6) is 0 Å². The highest BCUT2D eigenvalue weighted by Gasteiger charge is 2.28. The number of rotatable bonds is 7. The molecule has 0 spiro atoms. The zero-order valence-corrected chi connectivity index (χ0v) is 14.8. The van der Waals surface area contributed by atoms with Gasteiger partial charge in [-0.3, -0.25) is 0 Å². The first-order valence-electron chi connectivity index (χ1n) is 6.59. The summed E-state index contributed by atoms with van der Waals surface area (Å²) in [5.41, 5.74) is 5.86. The first kappa shape index (κ1) is 18.5. The molecule has 0 unspecified atom stereocenters. The predicted octanol–water partition coefficient (Wildman–Crippen LogP) is 2.54. The second kappa shape index (κ2) is 7.65. The maximum Gasteiger partial charge on any atom is 0.246 e. The van der Waals surface area contributed by atoms with Crippen molar-refractivity contribution in [2.75, 3.05) is 39.5 Å². The lowest BCUT2D eigenvalue weighted by Crippen LogP contribution is -2.34. The van der Waals surface area contributed by atoms with Crippen molar-refractivity contribution >= 4 is 38.9 Å². The van der Waals surface area contributed by atoms with E-state index in [2.05, 4.69) is 0 Å². The van der Waals surface area contributed by atoms with Crippen molar-refractivity contribution in [2.24, 2.45) is 0 Å². The average molecular weight is 354 g/mol. The summed E-state index contributed by atoms with van der Waals surface area (Å²) in [7, 11) is 0.159. The molecule has 0 amide bonds. The maximum atomic E-state index is 12.7. The van der Waals surface area contributed by atoms with Gasteiger partial charge in [0.15, 0.2) is 0 Å². The van der Waals surface area contributed by atoms with Crippen LogP contribution in [0.1, 0.15) is 13.3 Å². The Morgan fingerprint density at radius 2 is 1.81 bits per heavy atom. The predicted molar refractivity (Wildman–Crippen MR) is 88.5 cm³/mol. The van der Waals surface area contributed by atoms with Gasteiger partial charge in [-0.25, -0.2) is 8.42 Å². The van der Waals surface area contributed by atoms with Crippen LogP contribution in [0.15, 0.2) is 17.0 Å². The van der Waals surface area contributed by atoms with E-state index in [1.54, 1.807) is 6.92 Å². The Bertz CT molecular complexity index is 568. The van der Waals surface area contributed by atoms with E-state index in [1.165, 1.54) is 16.4 Å². The SMILES string of the molecule is CCN(CCCN(C)C)S(=O)(=O)c1c(N)cc(Cl)cc1Cl. The summed E-state index contributed by atoms with van der Waals surface area (Å²) in [4.78, 5) is 1.93. The second-order valence-corrected chi connectivity index (χ2v) is 7.68. The largest absolute Gasteiger partial charge is 0.398 e. The molecule has 8 heteroatoms. The number of hydrogen-bond acceptors (Lipinski definition) is 4. The fraction of sp³-hybridized carbons (Fsp3) is 0.538. The molecule has 0 saturated carbocycles. The molecule has 0 saturated heterocycles. The number of sulfonamides is 1. The third-order valence-corrected chi connectivity index (χ3v) is 5.72. The summed E-state index contributed by atoms with van der Waals surface area (Å²) in [6, 6.07) is 2.79. The van der Waals surface area contributed by atoms with Crippen molar-refractivity contribution < 1.29 is 8.42 Å². The number of benzene rings is 1. The summed E-state index contributed by atoms with van der Waals surface area (Å²) >= 11 is 11.9. The summed E-state index contributed by atoms with van der Waals surface area (Å²) in [5.74, 6) is 0. The lowest BCUT2D eigenvalue weighted by atomic mass is 10.3. The molecule has 2 N–H and O–H groups in total. The van der Waals surface area contributed by atoms with Gasteiger partial charge in [0.05, 0.1) is 10.7 Å². The number of nitrogen functional groups attached to an aromatic ring is 1. The van der Waals surface area contributed by atoms with Crippen molar-refractivity contribution in [3.63, 3.8) is 0 Å². The quantitative estimate of drug-likeness (QED) is 0.764. The van der Waals surface area contributed by atoms with Gasteiger partial charge in [0, 0.05) is 18.1 Å². The highest BCUT2D eigenvalue weighted by molar-refractivity contribution is 7.89. The van der Waals surface area contributed by atoms with E-state index in [0.29, 0.717) is 18.1 Å². The normalized spacial score (nSPS) is 12.3. The van der Waals surface area contributed by atoms with Crippen LogP contribution in [0.4, 0.5) is 5.69 Å². The topological polar surface area (TPSA) is 66.6 Å². The molecular formula is C13H21Cl2N3O2S. The fourth-order valence-electron chi connectivity index (χ4n) is 1.99. The lowest BCUT2D eigenvalue weighted by molar-refractivity contribution is 0.356. The van der Waals surface area contributed by atoms with E-state index in [4.69, 9.17) is 28.9 Å². The molecule has 0 aliphatic rings. The number of halogens is 2. The Balaban J connectivity index is 3.08. The third-order valence-electron chi connectivity index (χ3n) is 3.00. The average Bonchev–Trinajstić information content (AvgIpc) is 2.32. The molecule has 0 fully saturated rings. The molecule has 21 heavy (non-hydrogen) atoms. The van der Waals surface area contributed by atoms with Gasteiger partial charge in [0.25, 0.3) is 0 Å². The van der Waals surface area contributed by atoms with Crippen molar-refractivity contribution in [2.45, 2.75) is 18.2 Å². The fourth-order valence-corrected chi connectivity index (χ4v) is 4.42. The van der Waals surface area contributed by atoms with Crippen LogP contribution in [0.3, 0.4) is 0 Å². The zero-order valence-electron chi connectivity index (χ0n) is 12.4. The second-order valence-electron chi connectivity index (χ2n) is 4.96. The molecular weight excluding hydrogens is 333 g/mol. The van der Waals surface area contributed by atoms with Crippen LogP contribution in [-0.4, -0.2) is 51.4 Å². The van der Waals surface area contributed by atoms with Crippen LogP contribution >= 0.6 is 23.2 Å². The van der Waals surface area contributed by atoms with E-state index >= 15 is 0 Å². The van der Waals surface area contributed by atoms with Crippen LogP contribution in [0.2, 0.25) is 10.0 Å².